The standard InChI is InChI=1S/C12H14O3/c1-12(2)5-6-15-10-7-8(11(13)14)3-4-9(10)12/h3-4,7H,5-6H2,1-2H3,(H,13,14). The maximum atomic E-state index is 10.8. The molecule has 0 atom stereocenters. The number of rotatable bonds is 1. The Balaban J connectivity index is 2.50. The van der Waals surface area contributed by atoms with E-state index in [0.29, 0.717) is 12.4 Å². The highest BCUT2D eigenvalue weighted by Gasteiger charge is 2.28. The van der Waals surface area contributed by atoms with Gasteiger partial charge >= 0.3 is 5.97 Å². The van der Waals surface area contributed by atoms with Crippen molar-refractivity contribution >= 4 is 5.97 Å². The lowest BCUT2D eigenvalue weighted by molar-refractivity contribution is 0.0696. The summed E-state index contributed by atoms with van der Waals surface area (Å²) in [5, 5.41) is 8.86. The van der Waals surface area contributed by atoms with Crippen molar-refractivity contribution in [1.82, 2.24) is 0 Å². The quantitative estimate of drug-likeness (QED) is 0.767. The zero-order chi connectivity index (χ0) is 11.1. The minimum atomic E-state index is -0.912. The average molecular weight is 206 g/mol. The van der Waals surface area contributed by atoms with Crippen molar-refractivity contribution in [1.29, 1.82) is 0 Å². The van der Waals surface area contributed by atoms with Crippen LogP contribution in [0.25, 0.3) is 0 Å². The highest BCUT2D eigenvalue weighted by molar-refractivity contribution is 5.88. The first-order chi connectivity index (χ1) is 7.00. The number of hydrogen-bond acceptors (Lipinski definition) is 2. The fraction of sp³-hybridized carbons (Fsp3) is 0.417. The topological polar surface area (TPSA) is 46.5 Å². The van der Waals surface area contributed by atoms with Crippen molar-refractivity contribution in [2.45, 2.75) is 25.7 Å². The molecule has 1 aromatic carbocycles. The van der Waals surface area contributed by atoms with E-state index < -0.39 is 5.97 Å². The molecular formula is C12H14O3. The predicted octanol–water partition coefficient (Wildman–Crippen LogP) is 2.44. The Hall–Kier alpha value is -1.51. The number of carboxylic acids is 1. The molecule has 1 heterocycles. The van der Waals surface area contributed by atoms with E-state index in [-0.39, 0.29) is 11.0 Å². The first-order valence-corrected chi connectivity index (χ1v) is 5.01. The van der Waals surface area contributed by atoms with Gasteiger partial charge in [0.15, 0.2) is 0 Å². The molecule has 0 bridgehead atoms. The largest absolute Gasteiger partial charge is 0.493 e. The summed E-state index contributed by atoms with van der Waals surface area (Å²) in [5.74, 6) is -0.198. The van der Waals surface area contributed by atoms with Gasteiger partial charge in [0.1, 0.15) is 5.75 Å². The Morgan fingerprint density at radius 3 is 2.87 bits per heavy atom. The molecule has 3 heteroatoms. The van der Waals surface area contributed by atoms with Crippen LogP contribution in [0.4, 0.5) is 0 Å². The molecule has 0 unspecified atom stereocenters. The van der Waals surface area contributed by atoms with Gasteiger partial charge in [-0.2, -0.15) is 0 Å². The number of carboxylic acid groups (broad SMARTS) is 1. The Morgan fingerprint density at radius 2 is 2.20 bits per heavy atom. The van der Waals surface area contributed by atoms with Crippen molar-refractivity contribution in [3.63, 3.8) is 0 Å². The SMILES string of the molecule is CC1(C)CCOc2cc(C(=O)O)ccc21. The molecule has 0 fully saturated rings. The smallest absolute Gasteiger partial charge is 0.335 e. The molecule has 2 rings (SSSR count). The summed E-state index contributed by atoms with van der Waals surface area (Å²) >= 11 is 0. The lowest BCUT2D eigenvalue weighted by Gasteiger charge is -2.32. The van der Waals surface area contributed by atoms with Crippen LogP contribution in [0.3, 0.4) is 0 Å². The normalized spacial score (nSPS) is 17.7. The van der Waals surface area contributed by atoms with Gasteiger partial charge in [-0.1, -0.05) is 19.9 Å². The molecule has 3 nitrogen and oxygen atoms in total. The van der Waals surface area contributed by atoms with E-state index in [4.69, 9.17) is 9.84 Å². The molecule has 0 aliphatic carbocycles. The molecule has 0 amide bonds. The summed E-state index contributed by atoms with van der Waals surface area (Å²) in [4.78, 5) is 10.8. The summed E-state index contributed by atoms with van der Waals surface area (Å²) in [6.07, 6.45) is 0.965. The highest BCUT2D eigenvalue weighted by Crippen LogP contribution is 2.38. The molecule has 1 aromatic rings. The van der Waals surface area contributed by atoms with E-state index in [1.807, 2.05) is 6.07 Å². The monoisotopic (exact) mass is 206 g/mol. The second-order valence-electron chi connectivity index (χ2n) is 4.50. The number of aromatic carboxylic acids is 1. The lowest BCUT2D eigenvalue weighted by atomic mass is 9.79. The van der Waals surface area contributed by atoms with E-state index in [1.165, 1.54) is 0 Å². The number of fused-ring (bicyclic) bond motifs is 1. The summed E-state index contributed by atoms with van der Waals surface area (Å²) in [6.45, 7) is 4.95. The van der Waals surface area contributed by atoms with Crippen molar-refractivity contribution in [3.05, 3.63) is 29.3 Å². The van der Waals surface area contributed by atoms with E-state index in [9.17, 15) is 4.79 Å². The van der Waals surface area contributed by atoms with E-state index in [2.05, 4.69) is 13.8 Å². The van der Waals surface area contributed by atoms with Gasteiger partial charge in [-0.05, 0) is 29.5 Å². The minimum absolute atomic E-state index is 0.0740. The van der Waals surface area contributed by atoms with Gasteiger partial charge in [-0.25, -0.2) is 4.79 Å². The van der Waals surface area contributed by atoms with Gasteiger partial charge in [-0.3, -0.25) is 0 Å². The molecule has 15 heavy (non-hydrogen) atoms. The first-order valence-electron chi connectivity index (χ1n) is 5.01. The van der Waals surface area contributed by atoms with Gasteiger partial charge in [-0.15, -0.1) is 0 Å². The molecule has 80 valence electrons. The number of ether oxygens (including phenoxy) is 1. The van der Waals surface area contributed by atoms with E-state index >= 15 is 0 Å². The molecule has 0 saturated heterocycles. The summed E-state index contributed by atoms with van der Waals surface area (Å²) in [6, 6.07) is 5.11. The maximum Gasteiger partial charge on any atom is 0.335 e. The zero-order valence-corrected chi connectivity index (χ0v) is 8.91. The number of benzene rings is 1. The maximum absolute atomic E-state index is 10.8. The van der Waals surface area contributed by atoms with Crippen LogP contribution in [0, 0.1) is 0 Å². The molecule has 1 N–H and O–H groups in total. The molecule has 0 saturated carbocycles. The Kier molecular flexibility index (Phi) is 2.18. The molecule has 0 radical (unpaired) electrons. The summed E-state index contributed by atoms with van der Waals surface area (Å²) in [5.41, 5.74) is 1.45. The minimum Gasteiger partial charge on any atom is -0.493 e. The Bertz CT molecular complexity index is 407. The fourth-order valence-corrected chi connectivity index (χ4v) is 1.88. The average Bonchev–Trinajstić information content (AvgIpc) is 2.16. The molecular weight excluding hydrogens is 192 g/mol. The van der Waals surface area contributed by atoms with Crippen LogP contribution in [0.2, 0.25) is 0 Å². The second-order valence-corrected chi connectivity index (χ2v) is 4.50. The van der Waals surface area contributed by atoms with Crippen molar-refractivity contribution < 1.29 is 14.6 Å². The van der Waals surface area contributed by atoms with Crippen molar-refractivity contribution in [2.24, 2.45) is 0 Å². The van der Waals surface area contributed by atoms with E-state index in [0.717, 1.165) is 12.0 Å². The predicted molar refractivity (Wildman–Crippen MR) is 56.5 cm³/mol. The highest BCUT2D eigenvalue weighted by atomic mass is 16.5. The van der Waals surface area contributed by atoms with Crippen molar-refractivity contribution in [3.8, 4) is 5.75 Å². The third kappa shape index (κ3) is 1.69. The van der Waals surface area contributed by atoms with Crippen molar-refractivity contribution in [2.75, 3.05) is 6.61 Å². The number of carbonyl (C=O) groups is 1. The van der Waals surface area contributed by atoms with E-state index in [1.54, 1.807) is 12.1 Å². The number of hydrogen-bond donors (Lipinski definition) is 1. The third-order valence-electron chi connectivity index (χ3n) is 2.94. The van der Waals surface area contributed by atoms with Crippen LogP contribution >= 0.6 is 0 Å². The van der Waals surface area contributed by atoms with Crippen LogP contribution in [-0.4, -0.2) is 17.7 Å². The summed E-state index contributed by atoms with van der Waals surface area (Å²) < 4.78 is 5.49. The lowest BCUT2D eigenvalue weighted by Crippen LogP contribution is -2.26. The van der Waals surface area contributed by atoms with Crippen LogP contribution in [0.5, 0.6) is 5.75 Å². The van der Waals surface area contributed by atoms with Crippen LogP contribution < -0.4 is 4.74 Å². The van der Waals surface area contributed by atoms with Crippen LogP contribution in [-0.2, 0) is 5.41 Å². The summed E-state index contributed by atoms with van der Waals surface area (Å²) in [7, 11) is 0. The van der Waals surface area contributed by atoms with Gasteiger partial charge in [0, 0.05) is 0 Å². The van der Waals surface area contributed by atoms with Crippen LogP contribution in [0.15, 0.2) is 18.2 Å². The Labute approximate surface area is 88.7 Å². The molecule has 0 aromatic heterocycles. The van der Waals surface area contributed by atoms with Gasteiger partial charge in [0.05, 0.1) is 12.2 Å². The first kappa shape index (κ1) is 10.0. The molecule has 0 spiro atoms. The second kappa shape index (κ2) is 3.26. The fourth-order valence-electron chi connectivity index (χ4n) is 1.88. The van der Waals surface area contributed by atoms with Gasteiger partial charge in [0.25, 0.3) is 0 Å². The van der Waals surface area contributed by atoms with Gasteiger partial charge in [0.2, 0.25) is 0 Å². The van der Waals surface area contributed by atoms with Gasteiger partial charge < -0.3 is 9.84 Å². The Morgan fingerprint density at radius 1 is 1.47 bits per heavy atom. The molecule has 1 aliphatic rings. The van der Waals surface area contributed by atoms with Crippen LogP contribution in [0.1, 0.15) is 36.2 Å². The third-order valence-corrected chi connectivity index (χ3v) is 2.94. The zero-order valence-electron chi connectivity index (χ0n) is 8.91. The molecule has 1 aliphatic heterocycles.